The number of ether oxygens (including phenoxy) is 1. The van der Waals surface area contributed by atoms with Gasteiger partial charge in [-0.15, -0.1) is 0 Å². The van der Waals surface area contributed by atoms with Gasteiger partial charge in [-0.25, -0.2) is 9.97 Å². The van der Waals surface area contributed by atoms with Crippen molar-refractivity contribution in [2.75, 3.05) is 30.3 Å². The highest BCUT2D eigenvalue weighted by Crippen LogP contribution is 2.27. The molecule has 0 unspecified atom stereocenters. The van der Waals surface area contributed by atoms with Gasteiger partial charge in [0.1, 0.15) is 11.6 Å². The number of benzene rings is 1. The lowest BCUT2D eigenvalue weighted by molar-refractivity contribution is 0.102. The molecule has 1 aliphatic heterocycles. The second-order valence-corrected chi connectivity index (χ2v) is 9.54. The number of halogens is 1. The lowest BCUT2D eigenvalue weighted by atomic mass is 9.99. The summed E-state index contributed by atoms with van der Waals surface area (Å²) >= 11 is 5.86. The number of hydrogen-bond acceptors (Lipinski definition) is 6. The summed E-state index contributed by atoms with van der Waals surface area (Å²) in [7, 11) is 0. The number of aromatic nitrogens is 2. The first-order valence-corrected chi connectivity index (χ1v) is 12.4. The zero-order valence-corrected chi connectivity index (χ0v) is 21.1. The number of carbonyl (C=O) groups is 2. The number of rotatable bonds is 8. The fourth-order valence-corrected chi connectivity index (χ4v) is 4.09. The first-order chi connectivity index (χ1) is 17.4. The number of hydrogen-bond donors (Lipinski definition) is 3. The van der Waals surface area contributed by atoms with Crippen molar-refractivity contribution in [1.29, 1.82) is 0 Å². The first kappa shape index (κ1) is 25.6. The molecule has 0 aliphatic carbocycles. The Kier molecular flexibility index (Phi) is 8.51. The summed E-state index contributed by atoms with van der Waals surface area (Å²) in [6, 6.07) is 12.1. The van der Waals surface area contributed by atoms with Gasteiger partial charge >= 0.3 is 0 Å². The van der Waals surface area contributed by atoms with Crippen LogP contribution in [0.25, 0.3) is 0 Å². The van der Waals surface area contributed by atoms with Gasteiger partial charge in [0.2, 0.25) is 0 Å². The van der Waals surface area contributed by atoms with Crippen LogP contribution in [0.2, 0.25) is 5.02 Å². The molecule has 36 heavy (non-hydrogen) atoms. The molecule has 9 heteroatoms. The van der Waals surface area contributed by atoms with E-state index in [1.807, 2.05) is 12.1 Å². The van der Waals surface area contributed by atoms with E-state index in [-0.39, 0.29) is 23.2 Å². The van der Waals surface area contributed by atoms with E-state index in [4.69, 9.17) is 16.3 Å². The summed E-state index contributed by atoms with van der Waals surface area (Å²) < 4.78 is 6.18. The normalized spacial score (nSPS) is 15.4. The van der Waals surface area contributed by atoms with Crippen LogP contribution in [0.5, 0.6) is 5.75 Å². The Balaban J connectivity index is 1.53. The molecule has 0 bridgehead atoms. The van der Waals surface area contributed by atoms with E-state index < -0.39 is 5.91 Å². The zero-order valence-electron chi connectivity index (χ0n) is 20.4. The minimum atomic E-state index is -0.503. The van der Waals surface area contributed by atoms with Crippen molar-refractivity contribution in [3.63, 3.8) is 0 Å². The summed E-state index contributed by atoms with van der Waals surface area (Å²) in [5.41, 5.74) is 1.83. The van der Waals surface area contributed by atoms with Crippen LogP contribution in [0.1, 0.15) is 59.0 Å². The number of piperidine rings is 1. The number of pyridine rings is 2. The molecule has 0 radical (unpaired) electrons. The number of nitrogens with one attached hydrogen (secondary N) is 3. The highest BCUT2D eigenvalue weighted by molar-refractivity contribution is 6.30. The number of anilines is 2. The minimum Gasteiger partial charge on any atom is -0.492 e. The first-order valence-electron chi connectivity index (χ1n) is 12.1. The van der Waals surface area contributed by atoms with Crippen LogP contribution in [-0.2, 0) is 0 Å². The van der Waals surface area contributed by atoms with Crippen molar-refractivity contribution in [2.24, 2.45) is 5.92 Å². The average Bonchev–Trinajstić information content (AvgIpc) is 2.89. The van der Waals surface area contributed by atoms with E-state index in [9.17, 15) is 9.59 Å². The topological polar surface area (TPSA) is 105 Å². The lowest BCUT2D eigenvalue weighted by Gasteiger charge is -2.23. The molecule has 1 atom stereocenters. The monoisotopic (exact) mass is 507 g/mol. The van der Waals surface area contributed by atoms with Crippen LogP contribution in [0.3, 0.4) is 0 Å². The van der Waals surface area contributed by atoms with Gasteiger partial charge in [-0.1, -0.05) is 31.5 Å². The minimum absolute atomic E-state index is 0.0668. The molecule has 2 amide bonds. The van der Waals surface area contributed by atoms with Gasteiger partial charge in [-0.3, -0.25) is 9.59 Å². The van der Waals surface area contributed by atoms with Gasteiger partial charge in [-0.05, 0) is 67.3 Å². The third-order valence-corrected chi connectivity index (χ3v) is 6.25. The van der Waals surface area contributed by atoms with Gasteiger partial charge in [0.15, 0.2) is 5.69 Å². The van der Waals surface area contributed by atoms with Crippen LogP contribution in [0, 0.1) is 5.92 Å². The number of carbonyl (C=O) groups excluding carboxylic acids is 2. The van der Waals surface area contributed by atoms with Gasteiger partial charge < -0.3 is 20.7 Å². The SMILES string of the molecule is CC(C)c1ccc(C(=O)Nc2cccnc2C(=O)Nc2ccc(Cl)cn2)c(OC[C@@H]2CCCNC2)c1. The van der Waals surface area contributed by atoms with Crippen molar-refractivity contribution in [2.45, 2.75) is 32.6 Å². The summed E-state index contributed by atoms with van der Waals surface area (Å²) in [6.07, 6.45) is 5.13. The van der Waals surface area contributed by atoms with Crippen molar-refractivity contribution in [1.82, 2.24) is 15.3 Å². The molecule has 3 N–H and O–H groups in total. The average molecular weight is 508 g/mol. The van der Waals surface area contributed by atoms with Gasteiger partial charge in [-0.2, -0.15) is 0 Å². The molecule has 1 aromatic carbocycles. The summed E-state index contributed by atoms with van der Waals surface area (Å²) in [5.74, 6) is 0.656. The second kappa shape index (κ2) is 12.0. The van der Waals surface area contributed by atoms with Crippen LogP contribution in [0.4, 0.5) is 11.5 Å². The molecular weight excluding hydrogens is 478 g/mol. The quantitative estimate of drug-likeness (QED) is 0.390. The molecule has 1 aliphatic rings. The molecule has 2 aromatic heterocycles. The molecule has 1 fully saturated rings. The van der Waals surface area contributed by atoms with Crippen LogP contribution < -0.4 is 20.7 Å². The maximum Gasteiger partial charge on any atom is 0.277 e. The Morgan fingerprint density at radius 1 is 1.14 bits per heavy atom. The maximum absolute atomic E-state index is 13.3. The molecular formula is C27H30ClN5O3. The Morgan fingerprint density at radius 3 is 2.72 bits per heavy atom. The Hall–Kier alpha value is -3.49. The highest BCUT2D eigenvalue weighted by Gasteiger charge is 2.21. The molecule has 0 saturated carbocycles. The Labute approximate surface area is 215 Å². The van der Waals surface area contributed by atoms with Crippen molar-refractivity contribution >= 4 is 34.9 Å². The third-order valence-electron chi connectivity index (χ3n) is 6.03. The van der Waals surface area contributed by atoms with E-state index in [0.717, 1.165) is 31.5 Å². The molecule has 8 nitrogen and oxygen atoms in total. The second-order valence-electron chi connectivity index (χ2n) is 9.10. The van der Waals surface area contributed by atoms with E-state index in [0.29, 0.717) is 34.7 Å². The van der Waals surface area contributed by atoms with Crippen LogP contribution >= 0.6 is 11.6 Å². The van der Waals surface area contributed by atoms with E-state index in [2.05, 4.69) is 39.8 Å². The third kappa shape index (κ3) is 6.59. The van der Waals surface area contributed by atoms with Gasteiger partial charge in [0.25, 0.3) is 11.8 Å². The fourth-order valence-electron chi connectivity index (χ4n) is 3.98. The molecule has 0 spiro atoms. The Bertz CT molecular complexity index is 1210. The van der Waals surface area contributed by atoms with Crippen LogP contribution in [-0.4, -0.2) is 41.5 Å². The van der Waals surface area contributed by atoms with E-state index in [1.54, 1.807) is 30.3 Å². The lowest BCUT2D eigenvalue weighted by Crippen LogP contribution is -2.33. The van der Waals surface area contributed by atoms with Crippen LogP contribution in [0.15, 0.2) is 54.9 Å². The predicted octanol–water partition coefficient (Wildman–Crippen LogP) is 5.14. The van der Waals surface area contributed by atoms with Crippen molar-refractivity contribution in [3.8, 4) is 5.75 Å². The summed E-state index contributed by atoms with van der Waals surface area (Å²) in [4.78, 5) is 34.5. The largest absolute Gasteiger partial charge is 0.492 e. The smallest absolute Gasteiger partial charge is 0.277 e. The van der Waals surface area contributed by atoms with Gasteiger partial charge in [0.05, 0.1) is 22.9 Å². The fraction of sp³-hybridized carbons (Fsp3) is 0.333. The van der Waals surface area contributed by atoms with Crippen molar-refractivity contribution in [3.05, 3.63) is 76.7 Å². The molecule has 188 valence electrons. The van der Waals surface area contributed by atoms with Crippen molar-refractivity contribution < 1.29 is 14.3 Å². The summed E-state index contributed by atoms with van der Waals surface area (Å²) in [6.45, 7) is 6.66. The number of nitrogens with zero attached hydrogens (tertiary/aromatic N) is 2. The molecule has 3 heterocycles. The number of amides is 2. The zero-order chi connectivity index (χ0) is 25.5. The standard InChI is InChI=1S/C27H30ClN5O3/c1-17(2)19-7-9-21(23(13-19)36-16-18-5-3-11-29-14-18)26(34)32-22-6-4-12-30-25(22)27(35)33-24-10-8-20(28)15-31-24/h4,6-10,12-13,15,17-18,29H,3,5,11,14,16H2,1-2H3,(H,32,34)(H,31,33,35)/t18-/m1/s1. The summed E-state index contributed by atoms with van der Waals surface area (Å²) in [5, 5.41) is 9.36. The van der Waals surface area contributed by atoms with Gasteiger partial charge in [0, 0.05) is 24.9 Å². The predicted molar refractivity (Wildman–Crippen MR) is 141 cm³/mol. The molecule has 3 aromatic rings. The van der Waals surface area contributed by atoms with E-state index in [1.165, 1.54) is 12.4 Å². The molecule has 1 saturated heterocycles. The maximum atomic E-state index is 13.3. The Morgan fingerprint density at radius 2 is 2.00 bits per heavy atom. The highest BCUT2D eigenvalue weighted by atomic mass is 35.5. The van der Waals surface area contributed by atoms with E-state index >= 15 is 0 Å². The molecule has 4 rings (SSSR count).